The van der Waals surface area contributed by atoms with E-state index in [0.29, 0.717) is 17.3 Å². The van der Waals surface area contributed by atoms with E-state index in [-0.39, 0.29) is 17.3 Å². The minimum Gasteiger partial charge on any atom is -0.325 e. The second-order valence-corrected chi connectivity index (χ2v) is 5.62. The monoisotopic (exact) mass is 352 g/mol. The third-order valence-corrected chi connectivity index (χ3v) is 3.70. The van der Waals surface area contributed by atoms with E-state index in [4.69, 9.17) is 0 Å². The first-order valence-electron chi connectivity index (χ1n) is 6.99. The standard InChI is InChI=1S/C15H14F2N4O2S/c1-2-13(22)19-12-5-6-15(21-20-12)24-8-14(23)18-9-3-4-10(16)11(17)7-9/h3-7H,2,8H2,1H3,(H,18,23)(H,19,20,22). The smallest absolute Gasteiger partial charge is 0.234 e. The molecule has 6 nitrogen and oxygen atoms in total. The van der Waals surface area contributed by atoms with Crippen molar-refractivity contribution in [1.82, 2.24) is 10.2 Å². The average molecular weight is 352 g/mol. The van der Waals surface area contributed by atoms with Crippen molar-refractivity contribution >= 4 is 35.1 Å². The maximum Gasteiger partial charge on any atom is 0.234 e. The number of rotatable bonds is 6. The zero-order chi connectivity index (χ0) is 17.5. The van der Waals surface area contributed by atoms with Crippen LogP contribution in [-0.2, 0) is 9.59 Å². The van der Waals surface area contributed by atoms with Crippen LogP contribution in [0.3, 0.4) is 0 Å². The van der Waals surface area contributed by atoms with E-state index in [1.54, 1.807) is 19.1 Å². The fourth-order valence-corrected chi connectivity index (χ4v) is 2.22. The molecule has 0 aliphatic carbocycles. The summed E-state index contributed by atoms with van der Waals surface area (Å²) in [6.07, 6.45) is 0.336. The Kier molecular flexibility index (Phi) is 6.19. The Labute approximate surface area is 141 Å². The highest BCUT2D eigenvalue weighted by Gasteiger charge is 2.08. The molecule has 0 fully saturated rings. The number of hydrogen-bond acceptors (Lipinski definition) is 5. The van der Waals surface area contributed by atoms with Gasteiger partial charge in [0, 0.05) is 18.2 Å². The van der Waals surface area contributed by atoms with Crippen molar-refractivity contribution in [2.45, 2.75) is 18.4 Å². The number of carbonyl (C=O) groups excluding carboxylic acids is 2. The number of nitrogens with one attached hydrogen (secondary N) is 2. The highest BCUT2D eigenvalue weighted by molar-refractivity contribution is 7.99. The minimum atomic E-state index is -1.03. The first kappa shape index (κ1) is 17.8. The van der Waals surface area contributed by atoms with Crippen LogP contribution in [-0.4, -0.2) is 27.8 Å². The van der Waals surface area contributed by atoms with Crippen LogP contribution < -0.4 is 10.6 Å². The van der Waals surface area contributed by atoms with E-state index in [0.717, 1.165) is 23.9 Å². The normalized spacial score (nSPS) is 10.3. The molecule has 1 aromatic heterocycles. The highest BCUT2D eigenvalue weighted by Crippen LogP contribution is 2.17. The second-order valence-electron chi connectivity index (χ2n) is 4.62. The third-order valence-electron chi connectivity index (χ3n) is 2.78. The lowest BCUT2D eigenvalue weighted by Crippen LogP contribution is -2.14. The minimum absolute atomic E-state index is 0.0222. The van der Waals surface area contributed by atoms with E-state index >= 15 is 0 Å². The van der Waals surface area contributed by atoms with Gasteiger partial charge in [0.1, 0.15) is 5.03 Å². The molecule has 1 heterocycles. The van der Waals surface area contributed by atoms with E-state index in [2.05, 4.69) is 20.8 Å². The van der Waals surface area contributed by atoms with Crippen molar-refractivity contribution in [2.24, 2.45) is 0 Å². The number of thioether (sulfide) groups is 1. The van der Waals surface area contributed by atoms with Gasteiger partial charge in [-0.15, -0.1) is 10.2 Å². The Hall–Kier alpha value is -2.55. The molecular weight excluding hydrogens is 338 g/mol. The summed E-state index contributed by atoms with van der Waals surface area (Å²) in [7, 11) is 0. The van der Waals surface area contributed by atoms with Gasteiger partial charge in [-0.2, -0.15) is 0 Å². The number of halogens is 2. The van der Waals surface area contributed by atoms with Crippen molar-refractivity contribution in [3.05, 3.63) is 42.0 Å². The van der Waals surface area contributed by atoms with Gasteiger partial charge in [-0.05, 0) is 24.3 Å². The summed E-state index contributed by atoms with van der Waals surface area (Å²) in [6, 6.07) is 6.31. The maximum atomic E-state index is 13.1. The molecule has 0 unspecified atom stereocenters. The summed E-state index contributed by atoms with van der Waals surface area (Å²) in [6.45, 7) is 1.72. The zero-order valence-corrected chi connectivity index (χ0v) is 13.5. The van der Waals surface area contributed by atoms with Gasteiger partial charge in [-0.1, -0.05) is 18.7 Å². The van der Waals surface area contributed by atoms with Crippen molar-refractivity contribution in [2.75, 3.05) is 16.4 Å². The molecule has 24 heavy (non-hydrogen) atoms. The summed E-state index contributed by atoms with van der Waals surface area (Å²) >= 11 is 1.12. The highest BCUT2D eigenvalue weighted by atomic mass is 32.2. The molecule has 0 saturated heterocycles. The van der Waals surface area contributed by atoms with Gasteiger partial charge in [0.05, 0.1) is 5.75 Å². The number of benzene rings is 1. The fourth-order valence-electron chi connectivity index (χ4n) is 1.61. The van der Waals surface area contributed by atoms with Crippen LogP contribution in [0.15, 0.2) is 35.4 Å². The quantitative estimate of drug-likeness (QED) is 0.781. The fraction of sp³-hybridized carbons (Fsp3) is 0.200. The molecule has 2 N–H and O–H groups in total. The van der Waals surface area contributed by atoms with Crippen LogP contribution in [0.25, 0.3) is 0 Å². The number of anilines is 2. The summed E-state index contributed by atoms with van der Waals surface area (Å²) < 4.78 is 25.9. The number of amides is 2. The van der Waals surface area contributed by atoms with Crippen molar-refractivity contribution in [1.29, 1.82) is 0 Å². The molecule has 0 atom stereocenters. The van der Waals surface area contributed by atoms with Gasteiger partial charge in [0.2, 0.25) is 11.8 Å². The lowest BCUT2D eigenvalue weighted by atomic mass is 10.3. The molecule has 0 radical (unpaired) electrons. The summed E-state index contributed by atoms with van der Waals surface area (Å²) in [5.74, 6) is -2.22. The molecule has 0 saturated carbocycles. The number of carbonyl (C=O) groups is 2. The zero-order valence-electron chi connectivity index (χ0n) is 12.7. The largest absolute Gasteiger partial charge is 0.325 e. The van der Waals surface area contributed by atoms with E-state index < -0.39 is 17.5 Å². The second kappa shape index (κ2) is 8.34. The summed E-state index contributed by atoms with van der Waals surface area (Å²) in [4.78, 5) is 23.0. The molecule has 0 aliphatic rings. The van der Waals surface area contributed by atoms with Gasteiger partial charge in [0.25, 0.3) is 0 Å². The average Bonchev–Trinajstić information content (AvgIpc) is 2.57. The molecule has 9 heteroatoms. The Bertz CT molecular complexity index is 741. The lowest BCUT2D eigenvalue weighted by Gasteiger charge is -2.06. The topological polar surface area (TPSA) is 84.0 Å². The van der Waals surface area contributed by atoms with Crippen molar-refractivity contribution in [3.8, 4) is 0 Å². The SMILES string of the molecule is CCC(=O)Nc1ccc(SCC(=O)Nc2ccc(F)c(F)c2)nn1. The van der Waals surface area contributed by atoms with Crippen LogP contribution >= 0.6 is 11.8 Å². The number of hydrogen-bond donors (Lipinski definition) is 2. The van der Waals surface area contributed by atoms with Gasteiger partial charge < -0.3 is 10.6 Å². The van der Waals surface area contributed by atoms with Crippen LogP contribution in [0.1, 0.15) is 13.3 Å². The van der Waals surface area contributed by atoms with Gasteiger partial charge >= 0.3 is 0 Å². The maximum absolute atomic E-state index is 13.1. The Balaban J connectivity index is 1.85. The van der Waals surface area contributed by atoms with Crippen molar-refractivity contribution < 1.29 is 18.4 Å². The Morgan fingerprint density at radius 1 is 1.04 bits per heavy atom. The van der Waals surface area contributed by atoms with Gasteiger partial charge in [-0.3, -0.25) is 9.59 Å². The van der Waals surface area contributed by atoms with E-state index in [1.807, 2.05) is 0 Å². The van der Waals surface area contributed by atoms with Crippen LogP contribution in [0, 0.1) is 11.6 Å². The first-order valence-corrected chi connectivity index (χ1v) is 7.97. The molecule has 2 amide bonds. The van der Waals surface area contributed by atoms with Crippen LogP contribution in [0.4, 0.5) is 20.3 Å². The Morgan fingerprint density at radius 2 is 1.83 bits per heavy atom. The van der Waals surface area contributed by atoms with Gasteiger partial charge in [0.15, 0.2) is 17.5 Å². The van der Waals surface area contributed by atoms with Crippen LogP contribution in [0.2, 0.25) is 0 Å². The first-order chi connectivity index (χ1) is 11.5. The third kappa shape index (κ3) is 5.27. The molecule has 0 aliphatic heterocycles. The molecule has 1 aromatic carbocycles. The van der Waals surface area contributed by atoms with Crippen LogP contribution in [0.5, 0.6) is 0 Å². The van der Waals surface area contributed by atoms with Gasteiger partial charge in [-0.25, -0.2) is 8.78 Å². The molecule has 2 aromatic rings. The summed E-state index contributed by atoms with van der Waals surface area (Å²) in [5.41, 5.74) is 0.170. The molecule has 2 rings (SSSR count). The lowest BCUT2D eigenvalue weighted by molar-refractivity contribution is -0.116. The number of aromatic nitrogens is 2. The predicted molar refractivity (Wildman–Crippen MR) is 86.7 cm³/mol. The van der Waals surface area contributed by atoms with E-state index in [9.17, 15) is 18.4 Å². The molecule has 0 spiro atoms. The van der Waals surface area contributed by atoms with Crippen molar-refractivity contribution in [3.63, 3.8) is 0 Å². The number of nitrogens with zero attached hydrogens (tertiary/aromatic N) is 2. The molecule has 126 valence electrons. The Morgan fingerprint density at radius 3 is 2.46 bits per heavy atom. The molecule has 0 bridgehead atoms. The predicted octanol–water partition coefficient (Wildman–Crippen LogP) is 2.83. The van der Waals surface area contributed by atoms with E-state index in [1.165, 1.54) is 6.07 Å². The summed E-state index contributed by atoms with van der Waals surface area (Å²) in [5, 5.41) is 13.2. The molecular formula is C15H14F2N4O2S.